The molecule has 1 heterocycles. The third-order valence-corrected chi connectivity index (χ3v) is 2.58. The maximum Gasteiger partial charge on any atom is 0.0951 e. The number of hydrogen-bond acceptors (Lipinski definition) is 1. The van der Waals surface area contributed by atoms with Crippen LogP contribution in [0.15, 0.2) is 0 Å². The molecule has 0 aromatic carbocycles. The molecule has 0 amide bonds. The molecule has 0 spiro atoms. The molecule has 66 valence electrons. The number of rotatable bonds is 1. The van der Waals surface area contributed by atoms with Crippen LogP contribution in [0.5, 0.6) is 0 Å². The first-order chi connectivity index (χ1) is 4.66. The second-order valence-corrected chi connectivity index (χ2v) is 5.58. The lowest BCUT2D eigenvalue weighted by molar-refractivity contribution is 0.223. The van der Waals surface area contributed by atoms with Gasteiger partial charge in [0.15, 0.2) is 0 Å². The highest BCUT2D eigenvalue weighted by Gasteiger charge is 2.60. The second-order valence-electron chi connectivity index (χ2n) is 5.58. The Hall–Kier alpha value is -0.0400. The molecular formula is C10H20O. The predicted octanol–water partition coefficient (Wildman–Crippen LogP) is 2.99. The van der Waals surface area contributed by atoms with Crippen LogP contribution in [-0.2, 0) is 4.74 Å². The van der Waals surface area contributed by atoms with Crippen LogP contribution in [0.4, 0.5) is 0 Å². The van der Waals surface area contributed by atoms with Crippen LogP contribution in [-0.4, -0.2) is 11.2 Å². The molecule has 1 rings (SSSR count). The van der Waals surface area contributed by atoms with Gasteiger partial charge in [-0.2, -0.15) is 0 Å². The molecule has 1 nitrogen and oxygen atoms in total. The van der Waals surface area contributed by atoms with E-state index in [4.69, 9.17) is 4.74 Å². The van der Waals surface area contributed by atoms with Crippen LogP contribution < -0.4 is 0 Å². The summed E-state index contributed by atoms with van der Waals surface area (Å²) in [6.07, 6.45) is 1.15. The molecule has 1 heteroatoms. The molecule has 0 radical (unpaired) electrons. The summed E-state index contributed by atoms with van der Waals surface area (Å²) in [6, 6.07) is 0. The minimum absolute atomic E-state index is 0.111. The van der Waals surface area contributed by atoms with Gasteiger partial charge in [0.25, 0.3) is 0 Å². The summed E-state index contributed by atoms with van der Waals surface area (Å²) in [5, 5.41) is 0. The topological polar surface area (TPSA) is 12.5 Å². The largest absolute Gasteiger partial charge is 0.363 e. The normalized spacial score (nSPS) is 35.5. The third kappa shape index (κ3) is 1.76. The van der Waals surface area contributed by atoms with E-state index in [1.165, 1.54) is 0 Å². The van der Waals surface area contributed by atoms with Crippen LogP contribution in [0, 0.1) is 5.41 Å². The molecule has 0 saturated carbocycles. The summed E-state index contributed by atoms with van der Waals surface area (Å²) in [6.45, 7) is 13.3. The van der Waals surface area contributed by atoms with E-state index in [1.54, 1.807) is 0 Å². The first kappa shape index (κ1) is 9.05. The van der Waals surface area contributed by atoms with E-state index < -0.39 is 0 Å². The van der Waals surface area contributed by atoms with Crippen molar-refractivity contribution in [2.24, 2.45) is 5.41 Å². The first-order valence-corrected chi connectivity index (χ1v) is 4.37. The van der Waals surface area contributed by atoms with E-state index in [9.17, 15) is 0 Å². The summed E-state index contributed by atoms with van der Waals surface area (Å²) in [5.41, 5.74) is 0.619. The van der Waals surface area contributed by atoms with E-state index in [-0.39, 0.29) is 11.2 Å². The van der Waals surface area contributed by atoms with Gasteiger partial charge in [-0.15, -0.1) is 0 Å². The van der Waals surface area contributed by atoms with Gasteiger partial charge in [0, 0.05) is 0 Å². The Morgan fingerprint density at radius 3 is 1.55 bits per heavy atom. The lowest BCUT2D eigenvalue weighted by atomic mass is 9.81. The lowest BCUT2D eigenvalue weighted by Crippen LogP contribution is -2.23. The van der Waals surface area contributed by atoms with Crippen LogP contribution >= 0.6 is 0 Å². The van der Waals surface area contributed by atoms with Gasteiger partial charge in [0.1, 0.15) is 0 Å². The summed E-state index contributed by atoms with van der Waals surface area (Å²) < 4.78 is 5.67. The Morgan fingerprint density at radius 1 is 1.09 bits per heavy atom. The zero-order chi connectivity index (χ0) is 8.91. The van der Waals surface area contributed by atoms with Gasteiger partial charge in [-0.05, 0) is 32.6 Å². The minimum Gasteiger partial charge on any atom is -0.363 e. The molecule has 1 aliphatic rings. The highest BCUT2D eigenvalue weighted by Crippen LogP contribution is 2.52. The van der Waals surface area contributed by atoms with Crippen molar-refractivity contribution >= 4 is 0 Å². The fourth-order valence-electron chi connectivity index (χ4n) is 1.80. The van der Waals surface area contributed by atoms with Crippen molar-refractivity contribution in [1.82, 2.24) is 0 Å². The van der Waals surface area contributed by atoms with Crippen LogP contribution in [0.25, 0.3) is 0 Å². The summed E-state index contributed by atoms with van der Waals surface area (Å²) in [5.74, 6) is 0. The van der Waals surface area contributed by atoms with Gasteiger partial charge >= 0.3 is 0 Å². The van der Waals surface area contributed by atoms with Gasteiger partial charge in [-0.25, -0.2) is 0 Å². The Bertz CT molecular complexity index is 164. The average molecular weight is 156 g/mol. The van der Waals surface area contributed by atoms with Gasteiger partial charge < -0.3 is 4.74 Å². The van der Waals surface area contributed by atoms with Crippen molar-refractivity contribution in [3.8, 4) is 0 Å². The van der Waals surface area contributed by atoms with Gasteiger partial charge in [0.05, 0.1) is 11.2 Å². The SMILES string of the molecule is CC(C)(C)CC1(C)OC1(C)C. The summed E-state index contributed by atoms with van der Waals surface area (Å²) in [4.78, 5) is 0. The van der Waals surface area contributed by atoms with Crippen molar-refractivity contribution in [2.75, 3.05) is 0 Å². The molecule has 0 aromatic heterocycles. The highest BCUT2D eigenvalue weighted by molar-refractivity contribution is 5.08. The molecule has 1 atom stereocenters. The Balaban J connectivity index is 2.54. The van der Waals surface area contributed by atoms with Crippen LogP contribution in [0.3, 0.4) is 0 Å². The van der Waals surface area contributed by atoms with E-state index >= 15 is 0 Å². The van der Waals surface area contributed by atoms with Gasteiger partial charge in [-0.1, -0.05) is 20.8 Å². The molecule has 0 aromatic rings. The Morgan fingerprint density at radius 2 is 1.45 bits per heavy atom. The molecule has 0 aliphatic carbocycles. The zero-order valence-electron chi connectivity index (χ0n) is 8.62. The molecule has 0 N–H and O–H groups in total. The lowest BCUT2D eigenvalue weighted by Gasteiger charge is -2.22. The average Bonchev–Trinajstić information content (AvgIpc) is 1.96. The van der Waals surface area contributed by atoms with Crippen LogP contribution in [0.2, 0.25) is 0 Å². The predicted molar refractivity (Wildman–Crippen MR) is 47.6 cm³/mol. The van der Waals surface area contributed by atoms with E-state index in [2.05, 4.69) is 41.5 Å². The van der Waals surface area contributed by atoms with Crippen molar-refractivity contribution in [1.29, 1.82) is 0 Å². The number of ether oxygens (including phenoxy) is 1. The van der Waals surface area contributed by atoms with E-state index in [0.29, 0.717) is 5.41 Å². The summed E-state index contributed by atoms with van der Waals surface area (Å²) in [7, 11) is 0. The van der Waals surface area contributed by atoms with Crippen LogP contribution in [0.1, 0.15) is 48.0 Å². The third-order valence-electron chi connectivity index (χ3n) is 2.58. The first-order valence-electron chi connectivity index (χ1n) is 4.37. The van der Waals surface area contributed by atoms with Gasteiger partial charge in [-0.3, -0.25) is 0 Å². The Kier molecular flexibility index (Phi) is 1.65. The summed E-state index contributed by atoms with van der Waals surface area (Å²) >= 11 is 0. The fourth-order valence-corrected chi connectivity index (χ4v) is 1.80. The highest BCUT2D eigenvalue weighted by atomic mass is 16.6. The molecule has 0 bridgehead atoms. The second kappa shape index (κ2) is 2.01. The Labute approximate surface area is 70.1 Å². The zero-order valence-corrected chi connectivity index (χ0v) is 8.62. The standard InChI is InChI=1S/C10H20O/c1-8(2,3)7-10(6)9(4,5)11-10/h7H2,1-6H3. The maximum absolute atomic E-state index is 5.67. The van der Waals surface area contributed by atoms with Crippen molar-refractivity contribution < 1.29 is 4.74 Å². The maximum atomic E-state index is 5.67. The van der Waals surface area contributed by atoms with E-state index in [1.807, 2.05) is 0 Å². The molecule has 1 saturated heterocycles. The fraction of sp³-hybridized carbons (Fsp3) is 1.00. The molecular weight excluding hydrogens is 136 g/mol. The van der Waals surface area contributed by atoms with Crippen molar-refractivity contribution in [3.05, 3.63) is 0 Å². The van der Waals surface area contributed by atoms with Gasteiger partial charge in [0.2, 0.25) is 0 Å². The number of hydrogen-bond donors (Lipinski definition) is 0. The molecule has 1 fully saturated rings. The molecule has 1 unspecified atom stereocenters. The smallest absolute Gasteiger partial charge is 0.0951 e. The quantitative estimate of drug-likeness (QED) is 0.532. The minimum atomic E-state index is 0.111. The van der Waals surface area contributed by atoms with E-state index in [0.717, 1.165) is 6.42 Å². The molecule has 11 heavy (non-hydrogen) atoms. The van der Waals surface area contributed by atoms with Crippen molar-refractivity contribution in [2.45, 2.75) is 59.2 Å². The van der Waals surface area contributed by atoms with Crippen molar-refractivity contribution in [3.63, 3.8) is 0 Å². The molecule has 1 aliphatic heterocycles. The monoisotopic (exact) mass is 156 g/mol. The number of epoxide rings is 1.